The van der Waals surface area contributed by atoms with Crippen molar-refractivity contribution < 1.29 is 8.42 Å². The number of hydrogen-bond acceptors (Lipinski definition) is 2. The summed E-state index contributed by atoms with van der Waals surface area (Å²) in [6.07, 6.45) is 6.63. The Hall–Kier alpha value is 0.240. The summed E-state index contributed by atoms with van der Waals surface area (Å²) in [7, 11) is -3.00. The van der Waals surface area contributed by atoms with E-state index < -0.39 is 14.5 Å². The van der Waals surface area contributed by atoms with E-state index in [1.54, 1.807) is 0 Å². The number of rotatable bonds is 0. The van der Waals surface area contributed by atoms with Gasteiger partial charge < -0.3 is 0 Å². The summed E-state index contributed by atoms with van der Waals surface area (Å²) in [5, 5.41) is 0. The molecule has 2 aliphatic carbocycles. The lowest BCUT2D eigenvalue weighted by Crippen LogP contribution is -2.54. The molecule has 0 aromatic rings. The van der Waals surface area contributed by atoms with Gasteiger partial charge >= 0.3 is 0 Å². The quantitative estimate of drug-likeness (QED) is 0.603. The van der Waals surface area contributed by atoms with E-state index in [0.29, 0.717) is 5.75 Å². The van der Waals surface area contributed by atoms with E-state index in [0.717, 1.165) is 25.7 Å². The van der Waals surface area contributed by atoms with E-state index in [9.17, 15) is 8.42 Å². The molecule has 3 atom stereocenters. The van der Waals surface area contributed by atoms with Crippen LogP contribution in [0.5, 0.6) is 0 Å². The number of hydrogen-bond donors (Lipinski definition) is 0. The van der Waals surface area contributed by atoms with E-state index in [4.69, 9.17) is 11.6 Å². The molecule has 1 aliphatic heterocycles. The third-order valence-corrected chi connectivity index (χ3v) is 8.13. The predicted molar refractivity (Wildman–Crippen MR) is 56.0 cm³/mol. The van der Waals surface area contributed by atoms with Gasteiger partial charge in [-0.25, -0.2) is 8.42 Å². The normalized spacial score (nSPS) is 54.5. The minimum Gasteiger partial charge on any atom is -0.227 e. The van der Waals surface area contributed by atoms with Gasteiger partial charge in [0, 0.05) is 5.41 Å². The minimum absolute atomic E-state index is 0.0222. The van der Waals surface area contributed by atoms with Crippen molar-refractivity contribution >= 4 is 21.4 Å². The average molecular weight is 235 g/mol. The van der Waals surface area contributed by atoms with Crippen molar-refractivity contribution in [1.82, 2.24) is 0 Å². The molecule has 3 fully saturated rings. The summed E-state index contributed by atoms with van der Waals surface area (Å²) in [4.78, 5) is 0. The zero-order valence-corrected chi connectivity index (χ0v) is 9.70. The molecule has 0 spiro atoms. The fourth-order valence-electron chi connectivity index (χ4n) is 4.03. The fraction of sp³-hybridized carbons (Fsp3) is 1.00. The van der Waals surface area contributed by atoms with Gasteiger partial charge in [0.25, 0.3) is 0 Å². The van der Waals surface area contributed by atoms with Gasteiger partial charge in [0.05, 0.1) is 5.75 Å². The van der Waals surface area contributed by atoms with Crippen LogP contribution < -0.4 is 0 Å². The molecule has 0 radical (unpaired) electrons. The van der Waals surface area contributed by atoms with Crippen LogP contribution in [0.25, 0.3) is 0 Å². The van der Waals surface area contributed by atoms with Gasteiger partial charge in [-0.15, -0.1) is 11.6 Å². The smallest absolute Gasteiger partial charge is 0.168 e. The van der Waals surface area contributed by atoms with E-state index >= 15 is 0 Å². The zero-order chi connectivity index (χ0) is 10.0. The van der Waals surface area contributed by atoms with Crippen LogP contribution in [0.1, 0.15) is 38.5 Å². The highest BCUT2D eigenvalue weighted by Gasteiger charge is 2.71. The van der Waals surface area contributed by atoms with Crippen molar-refractivity contribution in [3.63, 3.8) is 0 Å². The molecule has 3 rings (SSSR count). The molecule has 14 heavy (non-hydrogen) atoms. The van der Waals surface area contributed by atoms with Crippen LogP contribution in [0, 0.1) is 10.8 Å². The second kappa shape index (κ2) is 2.49. The summed E-state index contributed by atoms with van der Waals surface area (Å²) in [5.74, 6) is 0.369. The highest BCUT2D eigenvalue weighted by Crippen LogP contribution is 2.72. The molecule has 0 unspecified atom stereocenters. The number of sulfone groups is 1. The van der Waals surface area contributed by atoms with Gasteiger partial charge in [0.1, 0.15) is 4.71 Å². The molecule has 0 N–H and O–H groups in total. The molecule has 3 aliphatic rings. The summed E-state index contributed by atoms with van der Waals surface area (Å²) in [6, 6.07) is 0. The van der Waals surface area contributed by atoms with Crippen LogP contribution in [0.4, 0.5) is 0 Å². The van der Waals surface area contributed by atoms with E-state index in [1.807, 2.05) is 0 Å². The van der Waals surface area contributed by atoms with Crippen LogP contribution in [0.3, 0.4) is 0 Å². The molecule has 2 saturated carbocycles. The average Bonchev–Trinajstić information content (AvgIpc) is 2.23. The third-order valence-electron chi connectivity index (χ3n) is 4.86. The Bertz CT molecular complexity index is 378. The van der Waals surface area contributed by atoms with Gasteiger partial charge in [-0.1, -0.05) is 12.8 Å². The first-order valence-corrected chi connectivity index (χ1v) is 7.53. The van der Waals surface area contributed by atoms with E-state index in [-0.39, 0.29) is 10.8 Å². The maximum Gasteiger partial charge on any atom is 0.168 e. The summed E-state index contributed by atoms with van der Waals surface area (Å²) in [6.45, 7) is 0. The summed E-state index contributed by atoms with van der Waals surface area (Å²) >= 11 is 6.17. The van der Waals surface area contributed by atoms with Crippen molar-refractivity contribution in [2.75, 3.05) is 5.75 Å². The molecule has 0 amide bonds. The van der Waals surface area contributed by atoms with Crippen LogP contribution in [0.15, 0.2) is 0 Å². The van der Waals surface area contributed by atoms with Crippen LogP contribution in [0.2, 0.25) is 0 Å². The topological polar surface area (TPSA) is 34.1 Å². The highest BCUT2D eigenvalue weighted by molar-refractivity contribution is 7.93. The molecular formula is C10H15ClO2S. The van der Waals surface area contributed by atoms with E-state index in [2.05, 4.69) is 0 Å². The minimum atomic E-state index is -3.00. The van der Waals surface area contributed by atoms with Crippen molar-refractivity contribution in [2.24, 2.45) is 10.8 Å². The second-order valence-electron chi connectivity index (χ2n) is 5.27. The molecule has 80 valence electrons. The largest absolute Gasteiger partial charge is 0.227 e. The number of halogens is 1. The van der Waals surface area contributed by atoms with Crippen LogP contribution >= 0.6 is 11.6 Å². The van der Waals surface area contributed by atoms with Crippen molar-refractivity contribution in [3.05, 3.63) is 0 Å². The number of alkyl halides is 1. The van der Waals surface area contributed by atoms with Crippen LogP contribution in [-0.2, 0) is 9.84 Å². The van der Waals surface area contributed by atoms with Gasteiger partial charge in [-0.3, -0.25) is 0 Å². The molecule has 1 saturated heterocycles. The molecular weight excluding hydrogens is 220 g/mol. The first-order valence-electron chi connectivity index (χ1n) is 5.38. The first-order chi connectivity index (χ1) is 6.53. The Morgan fingerprint density at radius 3 is 2.36 bits per heavy atom. The Morgan fingerprint density at radius 1 is 1.07 bits per heavy atom. The monoisotopic (exact) mass is 234 g/mol. The lowest BCUT2D eigenvalue weighted by molar-refractivity contribution is -0.0769. The maximum atomic E-state index is 11.8. The van der Waals surface area contributed by atoms with Crippen molar-refractivity contribution in [1.29, 1.82) is 0 Å². The SMILES string of the molecule is O=S1(=O)C[C@]23CCCC[C@]2(CC3)[C@H]1Cl. The summed E-state index contributed by atoms with van der Waals surface area (Å²) < 4.78 is 23.1. The lowest BCUT2D eigenvalue weighted by atomic mass is 9.45. The van der Waals surface area contributed by atoms with E-state index in [1.165, 1.54) is 12.8 Å². The molecule has 1 heterocycles. The third kappa shape index (κ3) is 0.827. The fourth-order valence-corrected chi connectivity index (χ4v) is 7.33. The molecule has 0 aromatic heterocycles. The Balaban J connectivity index is 2.12. The maximum absolute atomic E-state index is 11.8. The van der Waals surface area contributed by atoms with Crippen molar-refractivity contribution in [3.8, 4) is 0 Å². The molecule has 0 aromatic carbocycles. The van der Waals surface area contributed by atoms with Crippen LogP contribution in [-0.4, -0.2) is 18.9 Å². The molecule has 4 heteroatoms. The van der Waals surface area contributed by atoms with Crippen molar-refractivity contribution in [2.45, 2.75) is 43.2 Å². The highest BCUT2D eigenvalue weighted by atomic mass is 35.5. The predicted octanol–water partition coefficient (Wildman–Crippen LogP) is 2.32. The van der Waals surface area contributed by atoms with Gasteiger partial charge in [0.15, 0.2) is 9.84 Å². The summed E-state index contributed by atoms with van der Waals surface area (Å²) in [5.41, 5.74) is 0.0716. The first kappa shape index (κ1) is 9.46. The Morgan fingerprint density at radius 2 is 1.79 bits per heavy atom. The van der Waals surface area contributed by atoms with Gasteiger partial charge in [0.2, 0.25) is 0 Å². The molecule has 0 bridgehead atoms. The standard InChI is InChI=1S/C10H15ClO2S/c11-8-10-4-2-1-3-9(10,5-6-10)7-14(8,12)13/h8H,1-7H2/t8-,9+,10-/m0/s1. The zero-order valence-electron chi connectivity index (χ0n) is 8.13. The Kier molecular flexibility index (Phi) is 1.68. The van der Waals surface area contributed by atoms with Gasteiger partial charge in [-0.2, -0.15) is 0 Å². The molecule has 2 nitrogen and oxygen atoms in total. The second-order valence-corrected chi connectivity index (χ2v) is 8.05. The van der Waals surface area contributed by atoms with Gasteiger partial charge in [-0.05, 0) is 31.1 Å². The lowest BCUT2D eigenvalue weighted by Gasteiger charge is -2.58. The Labute approximate surface area is 89.9 Å².